The topological polar surface area (TPSA) is 125 Å². The van der Waals surface area contributed by atoms with Crippen LogP contribution in [-0.4, -0.2) is 31.5 Å². The minimum atomic E-state index is 0.0174. The second-order valence-electron chi connectivity index (χ2n) is 7.45. The molecule has 0 fully saturated rings. The largest absolute Gasteiger partial charge is 0.396 e. The number of aryl methyl sites for hydroxylation is 2. The van der Waals surface area contributed by atoms with Gasteiger partial charge in [-0.15, -0.1) is 0 Å². The monoisotopic (exact) mass is 427 g/mol. The van der Waals surface area contributed by atoms with E-state index in [1.807, 2.05) is 35.8 Å². The van der Waals surface area contributed by atoms with Gasteiger partial charge in [0.05, 0.1) is 22.7 Å². The molecule has 0 spiro atoms. The number of anilines is 1. The molecule has 3 heterocycles. The van der Waals surface area contributed by atoms with E-state index in [2.05, 4.69) is 16.0 Å². The fraction of sp³-hybridized carbons (Fsp3) is 0.167. The molecule has 0 radical (unpaired) electrons. The molecule has 3 aromatic heterocycles. The van der Waals surface area contributed by atoms with Crippen molar-refractivity contribution in [3.63, 3.8) is 0 Å². The van der Waals surface area contributed by atoms with Gasteiger partial charge in [-0.2, -0.15) is 5.26 Å². The first-order valence-corrected chi connectivity index (χ1v) is 10.2. The maximum atomic E-state index is 9.91. The Kier molecular flexibility index (Phi) is 5.83. The number of aromatic nitrogens is 4. The summed E-state index contributed by atoms with van der Waals surface area (Å²) >= 11 is 0. The summed E-state index contributed by atoms with van der Waals surface area (Å²) in [6, 6.07) is 13.6. The second kappa shape index (κ2) is 8.88. The molecular weight excluding hydrogens is 404 g/mol. The summed E-state index contributed by atoms with van der Waals surface area (Å²) in [4.78, 5) is 8.68. The van der Waals surface area contributed by atoms with Crippen LogP contribution in [-0.2, 0) is 6.54 Å². The lowest BCUT2D eigenvalue weighted by atomic mass is 9.99. The Morgan fingerprint density at radius 3 is 2.56 bits per heavy atom. The number of nitrogen functional groups attached to an aromatic ring is 1. The summed E-state index contributed by atoms with van der Waals surface area (Å²) in [6.07, 6.45) is 6.66. The maximum absolute atomic E-state index is 9.91. The summed E-state index contributed by atoms with van der Waals surface area (Å²) < 4.78 is 2.88. The minimum Gasteiger partial charge on any atom is -0.396 e. The number of aliphatic hydroxyl groups excluding tert-OH is 1. The highest BCUT2D eigenvalue weighted by Crippen LogP contribution is 2.38. The number of nitrogens with zero attached hydrogens (tertiary/aromatic N) is 5. The van der Waals surface area contributed by atoms with Gasteiger partial charge >= 0.3 is 0 Å². The molecule has 0 aliphatic heterocycles. The summed E-state index contributed by atoms with van der Waals surface area (Å²) in [7, 11) is 0. The molecule has 160 valence electrons. The number of rotatable bonds is 6. The number of hydrogen-bond acceptors (Lipinski definition) is 6. The summed E-state index contributed by atoms with van der Waals surface area (Å²) in [6.45, 7) is 2.53. The molecule has 0 saturated carbocycles. The normalized spacial score (nSPS) is 11.6. The molecule has 8 nitrogen and oxygen atoms in total. The standard InChI is InChI=1S/C24H22N6O2/c1-16-3-5-18(6-4-16)21-20(13-19(14-25)17-7-10-29(32)11-8-17)30(9-2-12-31)24-22(21)23(26)27-15-28-24/h3-8,10-11,13,15,26,31-32H,2,9,12H2,1H3/p+1. The Bertz CT molecular complexity index is 1330. The quantitative estimate of drug-likeness (QED) is 0.247. The zero-order valence-electron chi connectivity index (χ0n) is 17.6. The van der Waals surface area contributed by atoms with E-state index in [9.17, 15) is 15.6 Å². The smallest absolute Gasteiger partial charge is 0.222 e. The number of pyridine rings is 1. The van der Waals surface area contributed by atoms with Gasteiger partial charge in [0.1, 0.15) is 17.8 Å². The Labute approximate surface area is 185 Å². The number of benzene rings is 1. The van der Waals surface area contributed by atoms with Crippen LogP contribution in [0.5, 0.6) is 0 Å². The van der Waals surface area contributed by atoms with Gasteiger partial charge in [-0.1, -0.05) is 29.8 Å². The van der Waals surface area contributed by atoms with E-state index in [-0.39, 0.29) is 6.61 Å². The van der Waals surface area contributed by atoms with Crippen molar-refractivity contribution in [2.45, 2.75) is 19.9 Å². The third-order valence-electron chi connectivity index (χ3n) is 5.32. The molecule has 8 heteroatoms. The van der Waals surface area contributed by atoms with Crippen LogP contribution in [0.3, 0.4) is 0 Å². The predicted molar refractivity (Wildman–Crippen MR) is 121 cm³/mol. The molecule has 0 saturated heterocycles. The fourth-order valence-corrected chi connectivity index (χ4v) is 3.74. The third kappa shape index (κ3) is 3.89. The van der Waals surface area contributed by atoms with E-state index in [1.165, 1.54) is 18.7 Å². The fourth-order valence-electron chi connectivity index (χ4n) is 3.74. The third-order valence-corrected chi connectivity index (χ3v) is 5.32. The van der Waals surface area contributed by atoms with E-state index < -0.39 is 0 Å². The first kappa shape index (κ1) is 21.0. The van der Waals surface area contributed by atoms with Gasteiger partial charge in [-0.25, -0.2) is 9.97 Å². The van der Waals surface area contributed by atoms with Gasteiger partial charge < -0.3 is 15.4 Å². The van der Waals surface area contributed by atoms with Crippen molar-refractivity contribution < 1.29 is 15.0 Å². The van der Waals surface area contributed by atoms with E-state index >= 15 is 0 Å². The van der Waals surface area contributed by atoms with Crippen molar-refractivity contribution in [1.29, 1.82) is 5.26 Å². The van der Waals surface area contributed by atoms with Crippen molar-refractivity contribution >= 4 is 28.5 Å². The Hall–Kier alpha value is -4.22. The zero-order valence-corrected chi connectivity index (χ0v) is 17.6. The number of fused-ring (bicyclic) bond motifs is 1. The zero-order chi connectivity index (χ0) is 22.7. The number of hydrogen-bond donors (Lipinski definition) is 3. The van der Waals surface area contributed by atoms with Gasteiger partial charge in [-0.3, -0.25) is 5.21 Å². The Morgan fingerprint density at radius 2 is 1.91 bits per heavy atom. The molecular formula is C24H23N6O2+. The van der Waals surface area contributed by atoms with Gasteiger partial charge in [-0.05, 0) is 25.0 Å². The minimum absolute atomic E-state index is 0.0174. The van der Waals surface area contributed by atoms with Crippen LogP contribution in [0.2, 0.25) is 0 Å². The lowest BCUT2D eigenvalue weighted by molar-refractivity contribution is -0.904. The highest BCUT2D eigenvalue weighted by molar-refractivity contribution is 6.06. The maximum Gasteiger partial charge on any atom is 0.222 e. The molecule has 4 aromatic rings. The van der Waals surface area contributed by atoms with Crippen molar-refractivity contribution in [3.05, 3.63) is 71.9 Å². The molecule has 0 bridgehead atoms. The van der Waals surface area contributed by atoms with Crippen molar-refractivity contribution in [3.8, 4) is 17.2 Å². The number of aliphatic hydroxyl groups is 1. The van der Waals surface area contributed by atoms with Crippen molar-refractivity contribution in [2.24, 2.45) is 0 Å². The predicted octanol–water partition coefficient (Wildman–Crippen LogP) is 2.96. The van der Waals surface area contributed by atoms with Crippen LogP contribution in [0.4, 0.5) is 5.82 Å². The summed E-state index contributed by atoms with van der Waals surface area (Å²) in [5.74, 6) is 0.350. The molecule has 0 atom stereocenters. The lowest BCUT2D eigenvalue weighted by Crippen LogP contribution is -2.27. The van der Waals surface area contributed by atoms with Crippen LogP contribution in [0.25, 0.3) is 33.8 Å². The van der Waals surface area contributed by atoms with Crippen LogP contribution in [0.1, 0.15) is 23.2 Å². The molecule has 1 aromatic carbocycles. The number of nitrogens with two attached hydrogens (primary N) is 1. The van der Waals surface area contributed by atoms with Gasteiger partial charge in [0.25, 0.3) is 0 Å². The molecule has 0 aliphatic carbocycles. The lowest BCUT2D eigenvalue weighted by Gasteiger charge is -2.09. The molecule has 32 heavy (non-hydrogen) atoms. The van der Waals surface area contributed by atoms with Gasteiger partial charge in [0.15, 0.2) is 0 Å². The SMILES string of the molecule is Cc1ccc(-c2c(/C=C(\C#N)c3cc[n+](O)cc3)n(CCCO)c3ncnc(N)c23)cc1. The average Bonchev–Trinajstić information content (AvgIpc) is 3.11. The molecule has 0 unspecified atom stereocenters. The van der Waals surface area contributed by atoms with Gasteiger partial charge in [0.2, 0.25) is 12.4 Å². The van der Waals surface area contributed by atoms with E-state index in [1.54, 1.807) is 18.2 Å². The van der Waals surface area contributed by atoms with Crippen LogP contribution < -0.4 is 10.5 Å². The molecule has 0 amide bonds. The summed E-state index contributed by atoms with van der Waals surface area (Å²) in [5.41, 5.74) is 11.6. The summed E-state index contributed by atoms with van der Waals surface area (Å²) in [5, 5.41) is 29.6. The van der Waals surface area contributed by atoms with Crippen molar-refractivity contribution in [2.75, 3.05) is 12.3 Å². The Balaban J connectivity index is 2.06. The number of nitriles is 1. The average molecular weight is 427 g/mol. The highest BCUT2D eigenvalue weighted by Gasteiger charge is 2.22. The first-order chi connectivity index (χ1) is 15.5. The van der Waals surface area contributed by atoms with Crippen molar-refractivity contribution in [1.82, 2.24) is 14.5 Å². The van der Waals surface area contributed by atoms with Gasteiger partial charge in [0, 0.05) is 41.1 Å². The molecule has 0 aliphatic rings. The van der Waals surface area contributed by atoms with E-state index in [4.69, 9.17) is 5.73 Å². The first-order valence-electron chi connectivity index (χ1n) is 10.2. The highest BCUT2D eigenvalue weighted by atomic mass is 16.5. The second-order valence-corrected chi connectivity index (χ2v) is 7.45. The van der Waals surface area contributed by atoms with E-state index in [0.717, 1.165) is 27.1 Å². The Morgan fingerprint density at radius 1 is 1.19 bits per heavy atom. The van der Waals surface area contributed by atoms with Crippen LogP contribution in [0, 0.1) is 18.3 Å². The van der Waals surface area contributed by atoms with Crippen LogP contribution in [0.15, 0.2) is 55.1 Å². The number of allylic oxidation sites excluding steroid dienone is 1. The van der Waals surface area contributed by atoms with E-state index in [0.29, 0.717) is 41.0 Å². The van der Waals surface area contributed by atoms with Crippen LogP contribution >= 0.6 is 0 Å². The molecule has 4 rings (SSSR count). The molecule has 4 N–H and O–H groups in total.